The smallest absolute Gasteiger partial charge is 0.350 e. The molecule has 8 nitrogen and oxygen atoms in total. The largest absolute Gasteiger partial charge is 0.481 e. The van der Waals surface area contributed by atoms with Crippen LogP contribution in [0.2, 0.25) is 0 Å². The lowest BCUT2D eigenvalue weighted by Gasteiger charge is -2.09. The number of azide groups is 1. The van der Waals surface area contributed by atoms with Crippen molar-refractivity contribution in [2.75, 3.05) is 13.7 Å². The lowest BCUT2D eigenvalue weighted by molar-refractivity contribution is 0.160. The average Bonchev–Trinajstić information content (AvgIpc) is 2.29. The molecule has 1 aromatic rings. The number of rotatable bonds is 5. The van der Waals surface area contributed by atoms with Gasteiger partial charge in [0.1, 0.15) is 0 Å². The van der Waals surface area contributed by atoms with Crippen molar-refractivity contribution in [3.8, 4) is 5.88 Å². The number of aliphatic hydroxyl groups is 1. The first-order chi connectivity index (χ1) is 7.67. The molecule has 1 atom stereocenters. The molecular formula is C8H11N5O3. The van der Waals surface area contributed by atoms with Gasteiger partial charge in [0.2, 0.25) is 5.88 Å². The molecule has 86 valence electrons. The molecule has 1 N–H and O–H groups in total. The molecule has 0 radical (unpaired) electrons. The quantitative estimate of drug-likeness (QED) is 0.429. The van der Waals surface area contributed by atoms with E-state index in [4.69, 9.17) is 10.3 Å². The van der Waals surface area contributed by atoms with Crippen LogP contribution in [0.4, 0.5) is 0 Å². The summed E-state index contributed by atoms with van der Waals surface area (Å²) in [6, 6.07) is 1.50. The van der Waals surface area contributed by atoms with Crippen molar-refractivity contribution in [1.29, 1.82) is 0 Å². The average molecular weight is 225 g/mol. The molecule has 0 bridgehead atoms. The molecule has 1 heterocycles. The summed E-state index contributed by atoms with van der Waals surface area (Å²) in [5.41, 5.74) is 7.53. The Hall–Kier alpha value is -2.05. The zero-order valence-electron chi connectivity index (χ0n) is 8.65. The fourth-order valence-corrected chi connectivity index (χ4v) is 1.08. The number of hydrogen-bond donors (Lipinski definition) is 1. The number of aromatic nitrogens is 2. The molecule has 1 unspecified atom stereocenters. The molecular weight excluding hydrogens is 214 g/mol. The molecule has 0 saturated carbocycles. The van der Waals surface area contributed by atoms with Crippen LogP contribution in [0.15, 0.2) is 22.2 Å². The number of nitrogens with zero attached hydrogens (tertiary/aromatic N) is 5. The Balaban J connectivity index is 2.74. The van der Waals surface area contributed by atoms with E-state index in [-0.39, 0.29) is 19.0 Å². The van der Waals surface area contributed by atoms with E-state index in [2.05, 4.69) is 15.0 Å². The van der Waals surface area contributed by atoms with Crippen molar-refractivity contribution in [3.63, 3.8) is 0 Å². The van der Waals surface area contributed by atoms with E-state index < -0.39 is 11.8 Å². The fourth-order valence-electron chi connectivity index (χ4n) is 1.08. The summed E-state index contributed by atoms with van der Waals surface area (Å²) in [4.78, 5) is 17.5. The summed E-state index contributed by atoms with van der Waals surface area (Å²) in [5, 5.41) is 12.6. The Kier molecular flexibility index (Phi) is 4.31. The van der Waals surface area contributed by atoms with Gasteiger partial charge in [0.25, 0.3) is 0 Å². The van der Waals surface area contributed by atoms with Crippen LogP contribution in [0.5, 0.6) is 5.88 Å². The lowest BCUT2D eigenvalue weighted by atomic mass is 10.3. The van der Waals surface area contributed by atoms with Gasteiger partial charge in [-0.3, -0.25) is 4.57 Å². The van der Waals surface area contributed by atoms with Crippen LogP contribution in [0.3, 0.4) is 0 Å². The number of hydrogen-bond acceptors (Lipinski definition) is 5. The van der Waals surface area contributed by atoms with E-state index in [1.54, 1.807) is 0 Å². The number of aliphatic hydroxyl groups excluding tert-OH is 1. The number of ether oxygens (including phenoxy) is 1. The second-order valence-electron chi connectivity index (χ2n) is 2.97. The van der Waals surface area contributed by atoms with E-state index in [0.29, 0.717) is 0 Å². The minimum absolute atomic E-state index is 0.0227. The Morgan fingerprint density at radius 3 is 3.12 bits per heavy atom. The normalized spacial score (nSPS) is 11.6. The highest BCUT2D eigenvalue weighted by atomic mass is 16.5. The standard InChI is InChI=1S/C8H11N5O3/c1-16-7-2-3-13(8(15)11-7)5-6(14)4-10-12-9/h2-3,6,14H,4-5H2,1H3. The minimum Gasteiger partial charge on any atom is -0.481 e. The predicted molar refractivity (Wildman–Crippen MR) is 55.1 cm³/mol. The van der Waals surface area contributed by atoms with Crippen molar-refractivity contribution in [2.24, 2.45) is 5.11 Å². The third-order valence-electron chi connectivity index (χ3n) is 1.82. The van der Waals surface area contributed by atoms with Crippen molar-refractivity contribution in [1.82, 2.24) is 9.55 Å². The second-order valence-corrected chi connectivity index (χ2v) is 2.97. The maximum Gasteiger partial charge on any atom is 0.350 e. The van der Waals surface area contributed by atoms with E-state index in [0.717, 1.165) is 0 Å². The van der Waals surface area contributed by atoms with Crippen molar-refractivity contribution < 1.29 is 9.84 Å². The van der Waals surface area contributed by atoms with E-state index >= 15 is 0 Å². The second kappa shape index (κ2) is 5.74. The summed E-state index contributed by atoms with van der Waals surface area (Å²) in [6.45, 7) is -0.0657. The third-order valence-corrected chi connectivity index (χ3v) is 1.82. The van der Waals surface area contributed by atoms with Crippen LogP contribution in [-0.4, -0.2) is 34.4 Å². The molecule has 0 fully saturated rings. The van der Waals surface area contributed by atoms with Gasteiger partial charge in [-0.2, -0.15) is 4.98 Å². The van der Waals surface area contributed by atoms with E-state index in [9.17, 15) is 9.90 Å². The zero-order valence-corrected chi connectivity index (χ0v) is 8.65. The van der Waals surface area contributed by atoms with Gasteiger partial charge in [-0.25, -0.2) is 4.79 Å². The topological polar surface area (TPSA) is 113 Å². The van der Waals surface area contributed by atoms with Crippen molar-refractivity contribution in [3.05, 3.63) is 33.2 Å². The van der Waals surface area contributed by atoms with Crippen molar-refractivity contribution >= 4 is 0 Å². The summed E-state index contributed by atoms with van der Waals surface area (Å²) >= 11 is 0. The van der Waals surface area contributed by atoms with Crippen LogP contribution >= 0.6 is 0 Å². The van der Waals surface area contributed by atoms with E-state index in [1.165, 1.54) is 23.9 Å². The highest BCUT2D eigenvalue weighted by Gasteiger charge is 2.06. The molecule has 16 heavy (non-hydrogen) atoms. The molecule has 0 spiro atoms. The summed E-state index contributed by atoms with van der Waals surface area (Å²) < 4.78 is 5.97. The van der Waals surface area contributed by atoms with Gasteiger partial charge in [-0.15, -0.1) is 0 Å². The Labute approximate surface area is 90.7 Å². The number of methoxy groups -OCH3 is 1. The van der Waals surface area contributed by atoms with Gasteiger partial charge in [0, 0.05) is 17.2 Å². The third kappa shape index (κ3) is 3.26. The van der Waals surface area contributed by atoms with Crippen LogP contribution in [0.1, 0.15) is 0 Å². The summed E-state index contributed by atoms with van der Waals surface area (Å²) in [6.07, 6.45) is 0.539. The van der Waals surface area contributed by atoms with Crippen LogP contribution in [-0.2, 0) is 6.54 Å². The molecule has 1 rings (SSSR count). The first-order valence-electron chi connectivity index (χ1n) is 4.47. The van der Waals surface area contributed by atoms with Gasteiger partial charge in [0.05, 0.1) is 26.3 Å². The Morgan fingerprint density at radius 2 is 2.56 bits per heavy atom. The predicted octanol–water partition coefficient (Wildman–Crippen LogP) is -0.0769. The van der Waals surface area contributed by atoms with Crippen LogP contribution < -0.4 is 10.4 Å². The van der Waals surface area contributed by atoms with Gasteiger partial charge < -0.3 is 9.84 Å². The molecule has 0 saturated heterocycles. The fraction of sp³-hybridized carbons (Fsp3) is 0.500. The van der Waals surface area contributed by atoms with Gasteiger partial charge in [-0.05, 0) is 5.53 Å². The highest BCUT2D eigenvalue weighted by Crippen LogP contribution is 1.99. The monoisotopic (exact) mass is 225 g/mol. The van der Waals surface area contributed by atoms with Gasteiger partial charge >= 0.3 is 5.69 Å². The molecule has 0 aromatic carbocycles. The Morgan fingerprint density at radius 1 is 1.81 bits per heavy atom. The summed E-state index contributed by atoms with van der Waals surface area (Å²) in [5.74, 6) is 0.214. The van der Waals surface area contributed by atoms with Crippen LogP contribution in [0.25, 0.3) is 10.4 Å². The lowest BCUT2D eigenvalue weighted by Crippen LogP contribution is -2.29. The van der Waals surface area contributed by atoms with Gasteiger partial charge in [-0.1, -0.05) is 5.11 Å². The molecule has 0 aliphatic carbocycles. The maximum atomic E-state index is 11.4. The first kappa shape index (κ1) is 12.0. The highest BCUT2D eigenvalue weighted by molar-refractivity contribution is 5.05. The zero-order chi connectivity index (χ0) is 12.0. The van der Waals surface area contributed by atoms with Crippen LogP contribution in [0, 0.1) is 0 Å². The van der Waals surface area contributed by atoms with E-state index in [1.807, 2.05) is 0 Å². The Bertz CT molecular complexity index is 451. The molecule has 0 amide bonds. The first-order valence-corrected chi connectivity index (χ1v) is 4.47. The molecule has 0 aliphatic heterocycles. The summed E-state index contributed by atoms with van der Waals surface area (Å²) in [7, 11) is 1.41. The van der Waals surface area contributed by atoms with Gasteiger partial charge in [0.15, 0.2) is 0 Å². The maximum absolute atomic E-state index is 11.4. The molecule has 1 aromatic heterocycles. The van der Waals surface area contributed by atoms with Crippen molar-refractivity contribution in [2.45, 2.75) is 12.6 Å². The molecule has 8 heteroatoms. The minimum atomic E-state index is -0.913. The SMILES string of the molecule is COc1ccn(CC(O)CN=[N+]=[N-])c(=O)n1. The molecule has 0 aliphatic rings.